The number of ether oxygens (including phenoxy) is 1. The second-order valence-electron chi connectivity index (χ2n) is 3.75. The highest BCUT2D eigenvalue weighted by Gasteiger charge is 2.30. The standard InChI is InChI=1S/C10H11N3O5/c14-10(15)8-6-18-4-3-12(8)7-1-2-9(11-5-7)13(16)17/h1-2,5,8H,3-4,6H2,(H,14,15). The number of carbonyl (C=O) groups is 1. The fourth-order valence-corrected chi connectivity index (χ4v) is 1.77. The fraction of sp³-hybridized carbons (Fsp3) is 0.400. The van der Waals surface area contributed by atoms with Crippen LogP contribution >= 0.6 is 0 Å². The minimum absolute atomic E-state index is 0.0896. The Labute approximate surface area is 102 Å². The second kappa shape index (κ2) is 4.96. The molecule has 1 aliphatic rings. The molecule has 0 aromatic carbocycles. The van der Waals surface area contributed by atoms with E-state index in [2.05, 4.69) is 4.98 Å². The Morgan fingerprint density at radius 3 is 2.94 bits per heavy atom. The maximum Gasteiger partial charge on any atom is 0.363 e. The SMILES string of the molecule is O=C(O)C1COCCN1c1ccc([N+](=O)[O-])nc1. The summed E-state index contributed by atoms with van der Waals surface area (Å²) in [6.07, 6.45) is 1.30. The molecule has 8 nitrogen and oxygen atoms in total. The van der Waals surface area contributed by atoms with Crippen LogP contribution in [0.1, 0.15) is 0 Å². The van der Waals surface area contributed by atoms with Crippen LogP contribution in [0.5, 0.6) is 0 Å². The Kier molecular flexibility index (Phi) is 3.38. The number of hydrogen-bond acceptors (Lipinski definition) is 6. The Morgan fingerprint density at radius 2 is 2.39 bits per heavy atom. The first kappa shape index (κ1) is 12.2. The minimum atomic E-state index is -0.993. The molecule has 1 fully saturated rings. The predicted molar refractivity (Wildman–Crippen MR) is 60.5 cm³/mol. The van der Waals surface area contributed by atoms with E-state index >= 15 is 0 Å². The van der Waals surface area contributed by atoms with E-state index in [1.54, 1.807) is 4.90 Å². The van der Waals surface area contributed by atoms with Crippen LogP contribution in [0.4, 0.5) is 11.5 Å². The van der Waals surface area contributed by atoms with Gasteiger partial charge in [-0.25, -0.2) is 4.79 Å². The monoisotopic (exact) mass is 253 g/mol. The van der Waals surface area contributed by atoms with Crippen LogP contribution < -0.4 is 4.90 Å². The van der Waals surface area contributed by atoms with Crippen LogP contribution in [0.25, 0.3) is 0 Å². The molecule has 1 atom stereocenters. The van der Waals surface area contributed by atoms with Gasteiger partial charge in [-0.05, 0) is 16.0 Å². The molecular formula is C10H11N3O5. The van der Waals surface area contributed by atoms with Crippen molar-refractivity contribution in [1.82, 2.24) is 4.98 Å². The summed E-state index contributed by atoms with van der Waals surface area (Å²) in [7, 11) is 0. The Morgan fingerprint density at radius 1 is 1.61 bits per heavy atom. The van der Waals surface area contributed by atoms with Gasteiger partial charge in [-0.1, -0.05) is 0 Å². The summed E-state index contributed by atoms with van der Waals surface area (Å²) in [6, 6.07) is 1.96. The van der Waals surface area contributed by atoms with Crippen molar-refractivity contribution in [1.29, 1.82) is 0 Å². The molecule has 1 aromatic heterocycles. The first-order chi connectivity index (χ1) is 8.59. The summed E-state index contributed by atoms with van der Waals surface area (Å²) >= 11 is 0. The van der Waals surface area contributed by atoms with E-state index in [-0.39, 0.29) is 12.4 Å². The summed E-state index contributed by atoms with van der Waals surface area (Å²) in [5.74, 6) is -1.26. The molecule has 0 spiro atoms. The highest BCUT2D eigenvalue weighted by atomic mass is 16.6. The summed E-state index contributed by atoms with van der Waals surface area (Å²) in [5.41, 5.74) is 0.538. The van der Waals surface area contributed by atoms with Crippen molar-refractivity contribution in [3.63, 3.8) is 0 Å². The number of aliphatic carboxylic acids is 1. The number of rotatable bonds is 3. The summed E-state index contributed by atoms with van der Waals surface area (Å²) in [4.78, 5) is 26.2. The van der Waals surface area contributed by atoms with E-state index < -0.39 is 16.9 Å². The van der Waals surface area contributed by atoms with Crippen LogP contribution in [0.3, 0.4) is 0 Å². The normalized spacial score (nSPS) is 19.6. The first-order valence-corrected chi connectivity index (χ1v) is 5.27. The molecule has 1 N–H and O–H groups in total. The first-order valence-electron chi connectivity index (χ1n) is 5.27. The molecule has 0 amide bonds. The zero-order valence-electron chi connectivity index (χ0n) is 9.35. The van der Waals surface area contributed by atoms with E-state index in [1.165, 1.54) is 18.3 Å². The van der Waals surface area contributed by atoms with Crippen molar-refractivity contribution in [2.45, 2.75) is 6.04 Å². The molecule has 1 saturated heterocycles. The highest BCUT2D eigenvalue weighted by molar-refractivity contribution is 5.78. The molecule has 1 aromatic rings. The molecule has 0 radical (unpaired) electrons. The van der Waals surface area contributed by atoms with E-state index in [0.717, 1.165) is 0 Å². The van der Waals surface area contributed by atoms with Crippen LogP contribution in [0, 0.1) is 10.1 Å². The third-order valence-electron chi connectivity index (χ3n) is 2.66. The summed E-state index contributed by atoms with van der Waals surface area (Å²) < 4.78 is 5.11. The van der Waals surface area contributed by atoms with Crippen molar-refractivity contribution in [3.05, 3.63) is 28.4 Å². The van der Waals surface area contributed by atoms with E-state index in [4.69, 9.17) is 9.84 Å². The molecular weight excluding hydrogens is 242 g/mol. The van der Waals surface area contributed by atoms with Gasteiger partial charge in [0.15, 0.2) is 12.2 Å². The Hall–Kier alpha value is -2.22. The van der Waals surface area contributed by atoms with Gasteiger partial charge in [-0.2, -0.15) is 0 Å². The van der Waals surface area contributed by atoms with Gasteiger partial charge >= 0.3 is 11.8 Å². The zero-order chi connectivity index (χ0) is 13.1. The average Bonchev–Trinajstić information content (AvgIpc) is 2.39. The smallest absolute Gasteiger partial charge is 0.363 e. The highest BCUT2D eigenvalue weighted by Crippen LogP contribution is 2.20. The third kappa shape index (κ3) is 2.38. The number of anilines is 1. The lowest BCUT2D eigenvalue weighted by molar-refractivity contribution is -0.389. The summed E-state index contributed by atoms with van der Waals surface area (Å²) in [5, 5.41) is 19.5. The van der Waals surface area contributed by atoms with Gasteiger partial charge in [-0.3, -0.25) is 0 Å². The van der Waals surface area contributed by atoms with Crippen molar-refractivity contribution in [2.75, 3.05) is 24.7 Å². The number of morpholine rings is 1. The lowest BCUT2D eigenvalue weighted by Gasteiger charge is -2.33. The predicted octanol–water partition coefficient (Wildman–Crippen LogP) is 0.280. The number of nitrogens with zero attached hydrogens (tertiary/aromatic N) is 3. The summed E-state index contributed by atoms with van der Waals surface area (Å²) in [6.45, 7) is 0.920. The van der Waals surface area contributed by atoms with Crippen molar-refractivity contribution in [3.8, 4) is 0 Å². The number of carboxylic acid groups (broad SMARTS) is 1. The zero-order valence-corrected chi connectivity index (χ0v) is 9.35. The van der Waals surface area contributed by atoms with E-state index in [0.29, 0.717) is 18.8 Å². The molecule has 8 heteroatoms. The maximum atomic E-state index is 11.1. The topological polar surface area (TPSA) is 106 Å². The van der Waals surface area contributed by atoms with Gasteiger partial charge in [-0.15, -0.1) is 0 Å². The number of aromatic nitrogens is 1. The van der Waals surface area contributed by atoms with Crippen LogP contribution in [0.15, 0.2) is 18.3 Å². The molecule has 2 heterocycles. The molecule has 2 rings (SSSR count). The van der Waals surface area contributed by atoms with Gasteiger partial charge in [0.1, 0.15) is 0 Å². The number of nitro groups is 1. The van der Waals surface area contributed by atoms with Gasteiger partial charge in [0.25, 0.3) is 0 Å². The lowest BCUT2D eigenvalue weighted by Crippen LogP contribution is -2.50. The van der Waals surface area contributed by atoms with Crippen molar-refractivity contribution < 1.29 is 19.6 Å². The third-order valence-corrected chi connectivity index (χ3v) is 2.66. The van der Waals surface area contributed by atoms with E-state index in [1.807, 2.05) is 0 Å². The number of pyridine rings is 1. The minimum Gasteiger partial charge on any atom is -0.480 e. The van der Waals surface area contributed by atoms with Gasteiger partial charge in [0.05, 0.1) is 18.9 Å². The van der Waals surface area contributed by atoms with Gasteiger partial charge in [0, 0.05) is 12.6 Å². The van der Waals surface area contributed by atoms with Crippen LogP contribution in [-0.2, 0) is 9.53 Å². The number of hydrogen-bond donors (Lipinski definition) is 1. The van der Waals surface area contributed by atoms with Gasteiger partial charge in [0.2, 0.25) is 0 Å². The molecule has 0 bridgehead atoms. The molecule has 96 valence electrons. The fourth-order valence-electron chi connectivity index (χ4n) is 1.77. The lowest BCUT2D eigenvalue weighted by atomic mass is 10.2. The quantitative estimate of drug-likeness (QED) is 0.609. The second-order valence-corrected chi connectivity index (χ2v) is 3.75. The number of carboxylic acids is 1. The average molecular weight is 253 g/mol. The van der Waals surface area contributed by atoms with Crippen molar-refractivity contribution >= 4 is 17.5 Å². The van der Waals surface area contributed by atoms with Crippen molar-refractivity contribution in [2.24, 2.45) is 0 Å². The van der Waals surface area contributed by atoms with Crippen LogP contribution in [0.2, 0.25) is 0 Å². The van der Waals surface area contributed by atoms with Crippen LogP contribution in [-0.4, -0.2) is 46.8 Å². The maximum absolute atomic E-state index is 11.1. The molecule has 0 aliphatic carbocycles. The van der Waals surface area contributed by atoms with Gasteiger partial charge < -0.3 is 24.9 Å². The molecule has 1 aliphatic heterocycles. The molecule has 18 heavy (non-hydrogen) atoms. The molecule has 1 unspecified atom stereocenters. The van der Waals surface area contributed by atoms with E-state index in [9.17, 15) is 14.9 Å². The Balaban J connectivity index is 2.23. The Bertz CT molecular complexity index is 461. The largest absolute Gasteiger partial charge is 0.480 e. The molecule has 0 saturated carbocycles.